The van der Waals surface area contributed by atoms with E-state index in [-0.39, 0.29) is 0 Å². The van der Waals surface area contributed by atoms with Crippen molar-refractivity contribution >= 4 is 30.9 Å². The van der Waals surface area contributed by atoms with Crippen LogP contribution in [0.25, 0.3) is 0 Å². The molecule has 0 aliphatic rings. The molecule has 0 spiro atoms. The predicted octanol–water partition coefficient (Wildman–Crippen LogP) is 0.276. The molecule has 0 heterocycles. The van der Waals surface area contributed by atoms with Crippen LogP contribution in [0.4, 0.5) is 0 Å². The van der Waals surface area contributed by atoms with Crippen molar-refractivity contribution in [2.24, 2.45) is 0 Å². The molecule has 12 heavy (non-hydrogen) atoms. The Morgan fingerprint density at radius 3 is 2.75 bits per heavy atom. The van der Waals surface area contributed by atoms with E-state index in [9.17, 15) is 4.79 Å². The van der Waals surface area contributed by atoms with Crippen molar-refractivity contribution in [2.45, 2.75) is 0 Å². The quantitative estimate of drug-likeness (QED) is 0.809. The number of carbonyl (C=O) groups is 1. The van der Waals surface area contributed by atoms with Gasteiger partial charge in [0, 0.05) is 0 Å². The standard InChI is InChI=1S/C8H8O3Te/c1-11-12-7-5-3-2-4-6(7)8(9)10/h2-5H,1H3,(H,9,10). The van der Waals surface area contributed by atoms with E-state index in [0.29, 0.717) is 5.56 Å². The van der Waals surface area contributed by atoms with Crippen LogP contribution in [0.5, 0.6) is 0 Å². The van der Waals surface area contributed by atoms with Gasteiger partial charge in [-0.2, -0.15) is 0 Å². The first kappa shape index (κ1) is 9.53. The Kier molecular flexibility index (Phi) is 3.54. The summed E-state index contributed by atoms with van der Waals surface area (Å²) in [7, 11) is 1.60. The van der Waals surface area contributed by atoms with Crippen LogP contribution in [-0.4, -0.2) is 39.5 Å². The van der Waals surface area contributed by atoms with Gasteiger partial charge in [-0.15, -0.1) is 0 Å². The Labute approximate surface area is 81.0 Å². The molecule has 1 aromatic carbocycles. The van der Waals surface area contributed by atoms with Gasteiger partial charge in [-0.05, 0) is 0 Å². The van der Waals surface area contributed by atoms with Gasteiger partial charge in [0.1, 0.15) is 0 Å². The summed E-state index contributed by atoms with van der Waals surface area (Å²) < 4.78 is 5.82. The van der Waals surface area contributed by atoms with Gasteiger partial charge in [0.25, 0.3) is 0 Å². The Morgan fingerprint density at radius 2 is 2.17 bits per heavy atom. The van der Waals surface area contributed by atoms with E-state index in [0.717, 1.165) is 3.61 Å². The van der Waals surface area contributed by atoms with Crippen molar-refractivity contribution < 1.29 is 13.0 Å². The molecule has 0 aliphatic carbocycles. The number of carboxylic acids is 1. The number of carboxylic acid groups (broad SMARTS) is 1. The summed E-state index contributed by atoms with van der Waals surface area (Å²) >= 11 is -0.777. The number of benzene rings is 1. The predicted molar refractivity (Wildman–Crippen MR) is 45.8 cm³/mol. The molecular formula is C8H8O3Te. The van der Waals surface area contributed by atoms with E-state index < -0.39 is 27.3 Å². The zero-order valence-corrected chi connectivity index (χ0v) is 8.81. The minimum absolute atomic E-state index is 0.363. The SMILES string of the molecule is CO[Te]c1ccccc1C(=O)O. The Bertz CT molecular complexity index is 285. The third-order valence-electron chi connectivity index (χ3n) is 1.29. The first-order valence-corrected chi connectivity index (χ1v) is 5.40. The first-order chi connectivity index (χ1) is 5.75. The molecule has 0 saturated carbocycles. The van der Waals surface area contributed by atoms with Crippen LogP contribution in [-0.2, 0) is 3.10 Å². The molecule has 0 unspecified atom stereocenters. The second-order valence-corrected chi connectivity index (χ2v) is 4.73. The maximum absolute atomic E-state index is 10.7. The third-order valence-corrected chi connectivity index (χ3v) is 3.29. The summed E-state index contributed by atoms with van der Waals surface area (Å²) in [6.45, 7) is 0. The molecule has 3 nitrogen and oxygen atoms in total. The zero-order valence-electron chi connectivity index (χ0n) is 6.48. The molecule has 1 rings (SSSR count). The number of rotatable bonds is 3. The number of hydrogen-bond acceptors (Lipinski definition) is 2. The normalized spacial score (nSPS) is 9.75. The van der Waals surface area contributed by atoms with E-state index in [1.54, 1.807) is 25.3 Å². The van der Waals surface area contributed by atoms with E-state index in [4.69, 9.17) is 8.21 Å². The van der Waals surface area contributed by atoms with Crippen LogP contribution < -0.4 is 3.61 Å². The zero-order chi connectivity index (χ0) is 8.97. The first-order valence-electron chi connectivity index (χ1n) is 3.28. The van der Waals surface area contributed by atoms with Crippen molar-refractivity contribution in [3.63, 3.8) is 0 Å². The van der Waals surface area contributed by atoms with E-state index >= 15 is 0 Å². The summed E-state index contributed by atoms with van der Waals surface area (Å²) in [5, 5.41) is 8.76. The van der Waals surface area contributed by atoms with Gasteiger partial charge in [-0.3, -0.25) is 0 Å². The number of hydrogen-bond donors (Lipinski definition) is 1. The molecule has 0 atom stereocenters. The molecule has 64 valence electrons. The summed E-state index contributed by atoms with van der Waals surface area (Å²) in [4.78, 5) is 10.7. The minimum atomic E-state index is -0.882. The van der Waals surface area contributed by atoms with Gasteiger partial charge in [-0.1, -0.05) is 0 Å². The monoisotopic (exact) mass is 282 g/mol. The molecule has 0 fully saturated rings. The summed E-state index contributed by atoms with van der Waals surface area (Å²) in [6, 6.07) is 6.94. The van der Waals surface area contributed by atoms with E-state index in [2.05, 4.69) is 0 Å². The third kappa shape index (κ3) is 2.21. The van der Waals surface area contributed by atoms with E-state index in [1.807, 2.05) is 6.07 Å². The molecule has 0 radical (unpaired) electrons. The van der Waals surface area contributed by atoms with Crippen molar-refractivity contribution in [3.8, 4) is 0 Å². The average molecular weight is 280 g/mol. The second-order valence-electron chi connectivity index (χ2n) is 2.05. The molecule has 0 bridgehead atoms. The van der Waals surface area contributed by atoms with Gasteiger partial charge in [0.15, 0.2) is 0 Å². The van der Waals surface area contributed by atoms with Crippen LogP contribution >= 0.6 is 0 Å². The van der Waals surface area contributed by atoms with Crippen LogP contribution in [0.15, 0.2) is 24.3 Å². The fourth-order valence-electron chi connectivity index (χ4n) is 0.806. The van der Waals surface area contributed by atoms with Gasteiger partial charge in [-0.25, -0.2) is 0 Å². The van der Waals surface area contributed by atoms with Crippen LogP contribution in [0.3, 0.4) is 0 Å². The Morgan fingerprint density at radius 1 is 1.50 bits per heavy atom. The molecule has 0 aromatic heterocycles. The topological polar surface area (TPSA) is 46.5 Å². The Hall–Kier alpha value is -0.560. The molecule has 1 aromatic rings. The van der Waals surface area contributed by atoms with Crippen molar-refractivity contribution in [1.29, 1.82) is 0 Å². The molecule has 1 N–H and O–H groups in total. The summed E-state index contributed by atoms with van der Waals surface area (Å²) in [5.41, 5.74) is 0.363. The molecule has 0 saturated heterocycles. The molecule has 0 amide bonds. The van der Waals surface area contributed by atoms with E-state index in [1.165, 1.54) is 0 Å². The van der Waals surface area contributed by atoms with Crippen LogP contribution in [0, 0.1) is 0 Å². The summed E-state index contributed by atoms with van der Waals surface area (Å²) in [5.74, 6) is -0.882. The maximum atomic E-state index is 10.7. The number of aromatic carboxylic acids is 1. The molecule has 0 aliphatic heterocycles. The fourth-order valence-corrected chi connectivity index (χ4v) is 2.40. The van der Waals surface area contributed by atoms with Gasteiger partial charge < -0.3 is 0 Å². The second kappa shape index (κ2) is 4.46. The Balaban J connectivity index is 3.00. The fraction of sp³-hybridized carbons (Fsp3) is 0.125. The van der Waals surface area contributed by atoms with Crippen molar-refractivity contribution in [2.75, 3.05) is 7.11 Å². The molecule has 4 heteroatoms. The molecular weight excluding hydrogens is 272 g/mol. The van der Waals surface area contributed by atoms with Crippen molar-refractivity contribution in [1.82, 2.24) is 0 Å². The van der Waals surface area contributed by atoms with Gasteiger partial charge >= 0.3 is 80.9 Å². The van der Waals surface area contributed by atoms with Crippen molar-refractivity contribution in [3.05, 3.63) is 29.8 Å². The van der Waals surface area contributed by atoms with Gasteiger partial charge in [0.05, 0.1) is 0 Å². The van der Waals surface area contributed by atoms with Gasteiger partial charge in [0.2, 0.25) is 0 Å². The average Bonchev–Trinajstić information content (AvgIpc) is 2.05. The van der Waals surface area contributed by atoms with Crippen LogP contribution in [0.2, 0.25) is 0 Å². The van der Waals surface area contributed by atoms with Crippen LogP contribution in [0.1, 0.15) is 10.4 Å². The summed E-state index contributed by atoms with van der Waals surface area (Å²) in [6.07, 6.45) is 0.